The second-order valence-corrected chi connectivity index (χ2v) is 6.79. The number of rotatable bonds is 4. The van der Waals surface area contributed by atoms with E-state index in [1.54, 1.807) is 0 Å². The molecule has 2 rings (SSSR count). The summed E-state index contributed by atoms with van der Waals surface area (Å²) >= 11 is 0. The smallest absolute Gasteiger partial charge is 0.388 e. The topological polar surface area (TPSA) is 66.4 Å². The van der Waals surface area contributed by atoms with Gasteiger partial charge >= 0.3 is 5.51 Å². The Balaban J connectivity index is 2.27. The van der Waals surface area contributed by atoms with E-state index in [9.17, 15) is 26.7 Å². The molecule has 0 aliphatic heterocycles. The highest BCUT2D eigenvalue weighted by Crippen LogP contribution is 2.36. The van der Waals surface area contributed by atoms with Crippen LogP contribution in [0.5, 0.6) is 0 Å². The largest absolute Gasteiger partial charge is 0.501 e. The van der Waals surface area contributed by atoms with Crippen LogP contribution in [0.3, 0.4) is 0 Å². The van der Waals surface area contributed by atoms with E-state index in [1.165, 1.54) is 18.2 Å². The molecule has 0 radical (unpaired) electrons. The van der Waals surface area contributed by atoms with E-state index < -0.39 is 25.8 Å². The molecule has 1 aromatic carbocycles. The first-order valence-electron chi connectivity index (χ1n) is 6.02. The van der Waals surface area contributed by atoms with Crippen molar-refractivity contribution in [3.8, 4) is 0 Å². The third-order valence-corrected chi connectivity index (χ3v) is 4.92. The van der Waals surface area contributed by atoms with Crippen molar-refractivity contribution in [1.29, 1.82) is 0 Å². The third-order valence-electron chi connectivity index (χ3n) is 3.37. The lowest BCUT2D eigenvalue weighted by Gasteiger charge is -2.37. The normalized spacial score (nSPS) is 18.4. The average Bonchev–Trinajstić information content (AvgIpc) is 2.33. The Morgan fingerprint density at radius 3 is 2.35 bits per heavy atom. The molecule has 4 nitrogen and oxygen atoms in total. The summed E-state index contributed by atoms with van der Waals surface area (Å²) in [6, 6.07) is 4.81. The monoisotopic (exact) mass is 309 g/mol. The zero-order valence-electron chi connectivity index (χ0n) is 10.4. The maximum atomic E-state index is 12.6. The number of nitrogens with one attached hydrogen (secondary N) is 1. The highest BCUT2D eigenvalue weighted by molar-refractivity contribution is 7.92. The summed E-state index contributed by atoms with van der Waals surface area (Å²) in [5, 5.41) is 12.5. The molecule has 0 heterocycles. The van der Waals surface area contributed by atoms with E-state index in [0.717, 1.165) is 12.5 Å². The van der Waals surface area contributed by atoms with Crippen LogP contribution in [-0.2, 0) is 9.84 Å². The number of benzene rings is 1. The van der Waals surface area contributed by atoms with Crippen molar-refractivity contribution >= 4 is 15.5 Å². The molecule has 1 aromatic rings. The maximum absolute atomic E-state index is 12.6. The molecule has 112 valence electrons. The number of para-hydroxylation sites is 1. The van der Waals surface area contributed by atoms with Crippen molar-refractivity contribution in [2.45, 2.75) is 35.3 Å². The maximum Gasteiger partial charge on any atom is 0.501 e. The summed E-state index contributed by atoms with van der Waals surface area (Å²) in [7, 11) is -5.41. The van der Waals surface area contributed by atoms with Gasteiger partial charge in [0.05, 0.1) is 16.2 Å². The summed E-state index contributed by atoms with van der Waals surface area (Å²) in [6.07, 6.45) is 1.95. The van der Waals surface area contributed by atoms with Gasteiger partial charge in [0.1, 0.15) is 0 Å². The van der Waals surface area contributed by atoms with Crippen LogP contribution in [0.2, 0.25) is 0 Å². The number of aliphatic hydroxyl groups is 1. The Morgan fingerprint density at radius 1 is 1.25 bits per heavy atom. The minimum absolute atomic E-state index is 0.0252. The van der Waals surface area contributed by atoms with E-state index in [4.69, 9.17) is 0 Å². The van der Waals surface area contributed by atoms with Crippen LogP contribution in [0.15, 0.2) is 29.2 Å². The Bertz CT molecular complexity index is 594. The number of anilines is 1. The molecule has 0 aromatic heterocycles. The van der Waals surface area contributed by atoms with Gasteiger partial charge in [-0.3, -0.25) is 0 Å². The molecule has 1 saturated carbocycles. The number of sulfone groups is 1. The van der Waals surface area contributed by atoms with Crippen molar-refractivity contribution in [3.05, 3.63) is 24.3 Å². The highest BCUT2D eigenvalue weighted by atomic mass is 32.2. The van der Waals surface area contributed by atoms with Gasteiger partial charge in [0, 0.05) is 6.54 Å². The molecule has 0 bridgehead atoms. The number of alkyl halides is 3. The van der Waals surface area contributed by atoms with Crippen molar-refractivity contribution in [1.82, 2.24) is 0 Å². The summed E-state index contributed by atoms with van der Waals surface area (Å²) in [4.78, 5) is -0.824. The molecular weight excluding hydrogens is 295 g/mol. The van der Waals surface area contributed by atoms with Gasteiger partial charge in [0.25, 0.3) is 9.84 Å². The molecule has 0 unspecified atom stereocenters. The lowest BCUT2D eigenvalue weighted by molar-refractivity contribution is -0.0435. The predicted molar refractivity (Wildman–Crippen MR) is 67.0 cm³/mol. The molecule has 0 atom stereocenters. The predicted octanol–water partition coefficient (Wildman–Crippen LogP) is 2.31. The van der Waals surface area contributed by atoms with E-state index >= 15 is 0 Å². The second kappa shape index (κ2) is 4.92. The summed E-state index contributed by atoms with van der Waals surface area (Å²) < 4.78 is 60.7. The molecule has 1 fully saturated rings. The van der Waals surface area contributed by atoms with E-state index in [-0.39, 0.29) is 12.2 Å². The van der Waals surface area contributed by atoms with E-state index in [1.807, 2.05) is 0 Å². The second-order valence-electron chi connectivity index (χ2n) is 4.88. The Hall–Kier alpha value is -1.28. The van der Waals surface area contributed by atoms with Crippen LogP contribution >= 0.6 is 0 Å². The zero-order valence-corrected chi connectivity index (χ0v) is 11.3. The fraction of sp³-hybridized carbons (Fsp3) is 0.500. The number of hydrogen-bond acceptors (Lipinski definition) is 4. The summed E-state index contributed by atoms with van der Waals surface area (Å²) in [5.74, 6) is 0. The first-order valence-corrected chi connectivity index (χ1v) is 7.51. The van der Waals surface area contributed by atoms with E-state index in [2.05, 4.69) is 5.32 Å². The van der Waals surface area contributed by atoms with Crippen molar-refractivity contribution in [2.75, 3.05) is 11.9 Å². The first-order chi connectivity index (χ1) is 9.16. The highest BCUT2D eigenvalue weighted by Gasteiger charge is 2.48. The number of hydrogen-bond donors (Lipinski definition) is 2. The number of halogens is 3. The van der Waals surface area contributed by atoms with Gasteiger partial charge in [-0.25, -0.2) is 8.42 Å². The molecule has 20 heavy (non-hydrogen) atoms. The average molecular weight is 309 g/mol. The van der Waals surface area contributed by atoms with Gasteiger partial charge in [-0.2, -0.15) is 13.2 Å². The van der Waals surface area contributed by atoms with Crippen LogP contribution in [0, 0.1) is 0 Å². The van der Waals surface area contributed by atoms with Gasteiger partial charge < -0.3 is 10.4 Å². The molecule has 2 N–H and O–H groups in total. The third kappa shape index (κ3) is 2.76. The van der Waals surface area contributed by atoms with Crippen LogP contribution in [-0.4, -0.2) is 31.2 Å². The van der Waals surface area contributed by atoms with Crippen LogP contribution in [0.4, 0.5) is 18.9 Å². The van der Waals surface area contributed by atoms with Gasteiger partial charge in [-0.05, 0) is 31.4 Å². The van der Waals surface area contributed by atoms with Crippen LogP contribution in [0.25, 0.3) is 0 Å². The quantitative estimate of drug-likeness (QED) is 0.895. The minimum atomic E-state index is -5.41. The standard InChI is InChI=1S/C12H14F3NO3S/c13-12(14,15)20(18,19)10-5-2-1-4-9(10)16-8-11(17)6-3-7-11/h1-2,4-5,16-17H,3,6-8H2. The Morgan fingerprint density at radius 2 is 1.85 bits per heavy atom. The molecule has 0 amide bonds. The van der Waals surface area contributed by atoms with Crippen LogP contribution < -0.4 is 5.32 Å². The fourth-order valence-corrected chi connectivity index (χ4v) is 2.93. The van der Waals surface area contributed by atoms with E-state index in [0.29, 0.717) is 12.8 Å². The minimum Gasteiger partial charge on any atom is -0.388 e. The molecule has 1 aliphatic carbocycles. The molecular formula is C12H14F3NO3S. The van der Waals surface area contributed by atoms with Crippen LogP contribution in [0.1, 0.15) is 19.3 Å². The van der Waals surface area contributed by atoms with Gasteiger partial charge in [-0.1, -0.05) is 12.1 Å². The molecule has 8 heteroatoms. The molecule has 0 spiro atoms. The van der Waals surface area contributed by atoms with Crippen molar-refractivity contribution in [2.24, 2.45) is 0 Å². The van der Waals surface area contributed by atoms with Gasteiger partial charge in [0.2, 0.25) is 0 Å². The molecule has 1 aliphatic rings. The fourth-order valence-electron chi connectivity index (χ4n) is 1.99. The van der Waals surface area contributed by atoms with Gasteiger partial charge in [0.15, 0.2) is 0 Å². The summed E-state index contributed by atoms with van der Waals surface area (Å²) in [6.45, 7) is 0.0252. The lowest BCUT2D eigenvalue weighted by atomic mass is 9.80. The first kappa shape index (κ1) is 15.1. The van der Waals surface area contributed by atoms with Crippen molar-refractivity contribution < 1.29 is 26.7 Å². The Labute approximate surface area is 114 Å². The lowest BCUT2D eigenvalue weighted by Crippen LogP contribution is -2.43. The molecule has 0 saturated heterocycles. The summed E-state index contributed by atoms with van der Waals surface area (Å²) in [5.41, 5.74) is -6.46. The SMILES string of the molecule is O=S(=O)(c1ccccc1NCC1(O)CCC1)C(F)(F)F. The Kier molecular flexibility index (Phi) is 3.72. The zero-order chi connectivity index (χ0) is 15.0. The van der Waals surface area contributed by atoms with Gasteiger partial charge in [-0.15, -0.1) is 0 Å². The van der Waals surface area contributed by atoms with Crippen molar-refractivity contribution in [3.63, 3.8) is 0 Å².